The lowest BCUT2D eigenvalue weighted by Crippen LogP contribution is -2.49. The maximum Gasteiger partial charge on any atom is 0.404 e. The van der Waals surface area contributed by atoms with Crippen molar-refractivity contribution in [1.82, 2.24) is 9.62 Å². The van der Waals surface area contributed by atoms with Gasteiger partial charge in [-0.15, -0.1) is 0 Å². The lowest BCUT2D eigenvalue weighted by molar-refractivity contribution is -0.106. The van der Waals surface area contributed by atoms with E-state index in [1.807, 2.05) is 0 Å². The first-order valence-corrected chi connectivity index (χ1v) is 8.33. The summed E-state index contributed by atoms with van der Waals surface area (Å²) >= 11 is 0. The normalized spacial score (nSPS) is 23.0. The highest BCUT2D eigenvalue weighted by Gasteiger charge is 2.35. The highest BCUT2D eigenvalue weighted by atomic mass is 32.2. The molecule has 1 unspecified atom stereocenters. The number of piperidine rings is 1. The van der Waals surface area contributed by atoms with Gasteiger partial charge in [0.2, 0.25) is 10.0 Å². The Labute approximate surface area is 118 Å². The topological polar surface area (TPSA) is 49.4 Å². The van der Waals surface area contributed by atoms with Gasteiger partial charge in [-0.05, 0) is 46.1 Å². The van der Waals surface area contributed by atoms with Crippen LogP contribution in [0, 0.1) is 5.92 Å². The van der Waals surface area contributed by atoms with Gasteiger partial charge in [0.05, 0.1) is 0 Å². The van der Waals surface area contributed by atoms with Gasteiger partial charge in [0.15, 0.2) is 5.75 Å². The third kappa shape index (κ3) is 6.41. The quantitative estimate of drug-likeness (QED) is 0.863. The van der Waals surface area contributed by atoms with Crippen molar-refractivity contribution in [2.24, 2.45) is 5.92 Å². The predicted octanol–water partition coefficient (Wildman–Crippen LogP) is 1.98. The highest BCUT2D eigenvalue weighted by Crippen LogP contribution is 2.23. The van der Waals surface area contributed by atoms with Crippen LogP contribution in [0.5, 0.6) is 0 Å². The summed E-state index contributed by atoms with van der Waals surface area (Å²) in [6.45, 7) is 7.94. The lowest BCUT2D eigenvalue weighted by atomic mass is 9.94. The number of hydrogen-bond donors (Lipinski definition) is 1. The van der Waals surface area contributed by atoms with Crippen LogP contribution >= 0.6 is 0 Å². The van der Waals surface area contributed by atoms with E-state index in [0.29, 0.717) is 6.54 Å². The number of nitrogens with one attached hydrogen (secondary N) is 1. The smallest absolute Gasteiger partial charge is 0.298 e. The summed E-state index contributed by atoms with van der Waals surface area (Å²) in [7, 11) is -4.29. The second-order valence-corrected chi connectivity index (χ2v) is 8.15. The molecule has 1 aliphatic rings. The molecule has 1 atom stereocenters. The average Bonchev–Trinajstić information content (AvgIpc) is 2.22. The summed E-state index contributed by atoms with van der Waals surface area (Å²) in [6.07, 6.45) is -2.93. The molecule has 0 radical (unpaired) electrons. The molecule has 1 N–H and O–H groups in total. The molecule has 0 aromatic carbocycles. The minimum absolute atomic E-state index is 0.0104. The molecule has 1 rings (SSSR count). The Bertz CT molecular complexity index is 415. The molecule has 1 aliphatic heterocycles. The average molecular weight is 316 g/mol. The molecule has 1 heterocycles. The van der Waals surface area contributed by atoms with Gasteiger partial charge in [-0.2, -0.15) is 13.2 Å². The van der Waals surface area contributed by atoms with E-state index in [4.69, 9.17) is 0 Å². The van der Waals surface area contributed by atoms with E-state index in [1.165, 1.54) is 0 Å². The van der Waals surface area contributed by atoms with Gasteiger partial charge in [-0.1, -0.05) is 0 Å². The Hall–Kier alpha value is -0.340. The number of alkyl halides is 3. The van der Waals surface area contributed by atoms with Crippen LogP contribution in [0.3, 0.4) is 0 Å². The molecule has 0 aromatic heterocycles. The molecule has 4 nitrogen and oxygen atoms in total. The Morgan fingerprint density at radius 2 is 1.85 bits per heavy atom. The fraction of sp³-hybridized carbons (Fsp3) is 1.00. The Balaban J connectivity index is 2.49. The first-order chi connectivity index (χ1) is 8.89. The van der Waals surface area contributed by atoms with Crippen molar-refractivity contribution >= 4 is 10.0 Å². The number of rotatable bonds is 4. The van der Waals surface area contributed by atoms with Crippen molar-refractivity contribution < 1.29 is 21.6 Å². The van der Waals surface area contributed by atoms with E-state index in [9.17, 15) is 21.6 Å². The van der Waals surface area contributed by atoms with Gasteiger partial charge in [0.1, 0.15) is 0 Å². The molecule has 0 aromatic rings. The number of sulfonamides is 1. The minimum Gasteiger partial charge on any atom is -0.298 e. The Morgan fingerprint density at radius 1 is 1.25 bits per heavy atom. The molecule has 0 saturated carbocycles. The van der Waals surface area contributed by atoms with E-state index in [-0.39, 0.29) is 18.0 Å². The summed E-state index contributed by atoms with van der Waals surface area (Å²) in [4.78, 5) is 2.24. The van der Waals surface area contributed by atoms with Crippen LogP contribution in [0.15, 0.2) is 0 Å². The maximum atomic E-state index is 12.1. The van der Waals surface area contributed by atoms with Gasteiger partial charge < -0.3 is 0 Å². The second kappa shape index (κ2) is 6.19. The molecule has 0 bridgehead atoms. The number of nitrogens with zero attached hydrogens (tertiary/aromatic N) is 1. The van der Waals surface area contributed by atoms with Crippen LogP contribution in [0.25, 0.3) is 0 Å². The summed E-state index contributed by atoms with van der Waals surface area (Å²) in [6, 6.07) is 0. The van der Waals surface area contributed by atoms with Crippen molar-refractivity contribution in [2.75, 3.05) is 25.4 Å². The summed E-state index contributed by atoms with van der Waals surface area (Å²) in [5, 5.41) is 0. The first kappa shape index (κ1) is 17.7. The van der Waals surface area contributed by atoms with Crippen molar-refractivity contribution in [3.63, 3.8) is 0 Å². The largest absolute Gasteiger partial charge is 0.404 e. The van der Waals surface area contributed by atoms with Crippen LogP contribution in [-0.4, -0.2) is 50.4 Å². The Kier molecular flexibility index (Phi) is 5.48. The molecule has 8 heteroatoms. The molecule has 0 aliphatic carbocycles. The first-order valence-electron chi connectivity index (χ1n) is 6.68. The molecule has 1 fully saturated rings. The summed E-state index contributed by atoms with van der Waals surface area (Å²) in [5.74, 6) is -1.75. The molecular weight excluding hydrogens is 293 g/mol. The van der Waals surface area contributed by atoms with Crippen molar-refractivity contribution in [3.8, 4) is 0 Å². The highest BCUT2D eigenvalue weighted by molar-refractivity contribution is 7.89. The SMILES string of the molecule is CC(C)(C)N1CCCC(CNS(=O)(=O)CC(F)(F)F)C1. The van der Waals surface area contributed by atoms with E-state index in [1.54, 1.807) is 0 Å². The van der Waals surface area contributed by atoms with Gasteiger partial charge in [0, 0.05) is 18.6 Å². The van der Waals surface area contributed by atoms with Gasteiger partial charge in [-0.3, -0.25) is 4.90 Å². The van der Waals surface area contributed by atoms with E-state index in [2.05, 4.69) is 30.4 Å². The van der Waals surface area contributed by atoms with Gasteiger partial charge in [0.25, 0.3) is 0 Å². The number of hydrogen-bond acceptors (Lipinski definition) is 3. The van der Waals surface area contributed by atoms with Crippen molar-refractivity contribution in [2.45, 2.75) is 45.3 Å². The van der Waals surface area contributed by atoms with Crippen LogP contribution in [0.2, 0.25) is 0 Å². The van der Waals surface area contributed by atoms with E-state index in [0.717, 1.165) is 19.4 Å². The van der Waals surface area contributed by atoms with E-state index >= 15 is 0 Å². The fourth-order valence-electron chi connectivity index (χ4n) is 2.35. The van der Waals surface area contributed by atoms with Crippen LogP contribution in [-0.2, 0) is 10.0 Å². The summed E-state index contributed by atoms with van der Waals surface area (Å²) in [5.41, 5.74) is -0.0104. The Morgan fingerprint density at radius 3 is 2.35 bits per heavy atom. The van der Waals surface area contributed by atoms with Gasteiger partial charge >= 0.3 is 6.18 Å². The lowest BCUT2D eigenvalue weighted by Gasteiger charge is -2.41. The zero-order chi connectivity index (χ0) is 15.6. The molecule has 0 amide bonds. The fourth-order valence-corrected chi connectivity index (χ4v) is 3.37. The van der Waals surface area contributed by atoms with E-state index < -0.39 is 22.0 Å². The predicted molar refractivity (Wildman–Crippen MR) is 71.9 cm³/mol. The number of halogens is 3. The zero-order valence-corrected chi connectivity index (χ0v) is 12.9. The van der Waals surface area contributed by atoms with Crippen LogP contribution in [0.4, 0.5) is 13.2 Å². The third-order valence-corrected chi connectivity index (χ3v) is 4.73. The van der Waals surface area contributed by atoms with Crippen LogP contribution < -0.4 is 4.72 Å². The van der Waals surface area contributed by atoms with Gasteiger partial charge in [-0.25, -0.2) is 13.1 Å². The molecule has 120 valence electrons. The molecular formula is C12H23F3N2O2S. The second-order valence-electron chi connectivity index (χ2n) is 6.35. The zero-order valence-electron chi connectivity index (χ0n) is 12.1. The summed E-state index contributed by atoms with van der Waals surface area (Å²) < 4.78 is 61.1. The monoisotopic (exact) mass is 316 g/mol. The van der Waals surface area contributed by atoms with Crippen molar-refractivity contribution in [1.29, 1.82) is 0 Å². The molecule has 20 heavy (non-hydrogen) atoms. The number of likely N-dealkylation sites (tertiary alicyclic amines) is 1. The standard InChI is InChI=1S/C12H23F3N2O2S/c1-11(2,3)17-6-4-5-10(8-17)7-16-20(18,19)9-12(13,14)15/h10,16H,4-9H2,1-3H3. The maximum absolute atomic E-state index is 12.1. The molecule has 0 spiro atoms. The third-order valence-electron chi connectivity index (χ3n) is 3.41. The minimum atomic E-state index is -4.70. The van der Waals surface area contributed by atoms with Crippen molar-refractivity contribution in [3.05, 3.63) is 0 Å². The molecule has 1 saturated heterocycles. The van der Waals surface area contributed by atoms with Crippen LogP contribution in [0.1, 0.15) is 33.6 Å².